The van der Waals surface area contributed by atoms with Gasteiger partial charge in [-0.3, -0.25) is 6.29 Å². The molecule has 0 amide bonds. The molecule has 0 saturated heterocycles. The average molecular weight is 408 g/mol. The Balaban J connectivity index is -0.000000240. The predicted molar refractivity (Wildman–Crippen MR) is 70.4 cm³/mol. The molecule has 0 aromatic heterocycles. The largest absolute Gasteiger partial charge is 0.542 e. The zero-order chi connectivity index (χ0) is 9.78. The van der Waals surface area contributed by atoms with Crippen LogP contribution in [0.2, 0.25) is 0 Å². The number of hydrogen-bond donors (Lipinski definition) is 0. The molecular formula is C14H29OPt-3. The van der Waals surface area contributed by atoms with Gasteiger partial charge in [0.15, 0.2) is 0 Å². The quantitative estimate of drug-likeness (QED) is 0.371. The van der Waals surface area contributed by atoms with Crippen molar-refractivity contribution in [3.05, 3.63) is 14.9 Å². The maximum Gasteiger partial charge on any atom is 0 e. The van der Waals surface area contributed by atoms with Gasteiger partial charge in [-0.15, -0.1) is 0 Å². The van der Waals surface area contributed by atoms with Crippen LogP contribution < -0.4 is 0 Å². The summed E-state index contributed by atoms with van der Waals surface area (Å²) >= 11 is 0. The minimum absolute atomic E-state index is 0. The summed E-state index contributed by atoms with van der Waals surface area (Å²) in [6.45, 7) is 2.25. The second-order valence-corrected chi connectivity index (χ2v) is 3.72. The van der Waals surface area contributed by atoms with Crippen molar-refractivity contribution in [1.82, 2.24) is 0 Å². The van der Waals surface area contributed by atoms with E-state index in [0.29, 0.717) is 6.42 Å². The van der Waals surface area contributed by atoms with Gasteiger partial charge in [0, 0.05) is 21.1 Å². The molecule has 0 aromatic rings. The molecule has 0 rings (SSSR count). The van der Waals surface area contributed by atoms with E-state index >= 15 is 0 Å². The van der Waals surface area contributed by atoms with Crippen molar-refractivity contribution in [2.45, 2.75) is 71.1 Å². The van der Waals surface area contributed by atoms with Crippen molar-refractivity contribution < 1.29 is 25.9 Å². The van der Waals surface area contributed by atoms with Crippen molar-refractivity contribution in [3.8, 4) is 0 Å². The first kappa shape index (κ1) is 25.3. The van der Waals surface area contributed by atoms with E-state index in [1.807, 2.05) is 6.29 Å². The molecule has 0 bridgehead atoms. The second-order valence-electron chi connectivity index (χ2n) is 3.72. The number of carbonyl (C=O) groups excluding carboxylic acids is 1. The van der Waals surface area contributed by atoms with Crippen LogP contribution in [0.5, 0.6) is 0 Å². The van der Waals surface area contributed by atoms with E-state index in [0.717, 1.165) is 6.42 Å². The Morgan fingerprint density at radius 3 is 1.50 bits per heavy atom. The molecule has 16 heavy (non-hydrogen) atoms. The molecule has 0 radical (unpaired) electrons. The van der Waals surface area contributed by atoms with E-state index in [1.165, 1.54) is 51.4 Å². The summed E-state index contributed by atoms with van der Waals surface area (Å²) in [6.07, 6.45) is 14.4. The van der Waals surface area contributed by atoms with Crippen LogP contribution in [0.4, 0.5) is 0 Å². The van der Waals surface area contributed by atoms with E-state index < -0.39 is 0 Å². The van der Waals surface area contributed by atoms with Gasteiger partial charge in [0.05, 0.1) is 0 Å². The fraction of sp³-hybridized carbons (Fsp3) is 0.786. The van der Waals surface area contributed by atoms with Crippen molar-refractivity contribution in [2.24, 2.45) is 0 Å². The summed E-state index contributed by atoms with van der Waals surface area (Å²) in [5.74, 6) is 0. The molecular weight excluding hydrogens is 379 g/mol. The smallest absolute Gasteiger partial charge is 0 e. The molecule has 104 valence electrons. The van der Waals surface area contributed by atoms with Gasteiger partial charge in [-0.05, 0) is 0 Å². The monoisotopic (exact) mass is 408 g/mol. The second kappa shape index (κ2) is 24.5. The minimum Gasteiger partial charge on any atom is -0.542 e. The zero-order valence-electron chi connectivity index (χ0n) is 11.3. The van der Waals surface area contributed by atoms with Crippen LogP contribution in [0.3, 0.4) is 0 Å². The van der Waals surface area contributed by atoms with Crippen molar-refractivity contribution in [2.75, 3.05) is 0 Å². The Kier molecular flexibility index (Phi) is 38.8. The van der Waals surface area contributed by atoms with Crippen LogP contribution in [0.15, 0.2) is 0 Å². The van der Waals surface area contributed by atoms with Crippen LogP contribution in [0, 0.1) is 14.9 Å². The van der Waals surface area contributed by atoms with Gasteiger partial charge in [0.25, 0.3) is 0 Å². The molecule has 0 aliphatic carbocycles. The molecule has 0 spiro atoms. The first-order valence-electron chi connectivity index (χ1n) is 5.76. The SMILES string of the molecule is CCCCCCCCCCC[C-]=O.[CH3-].[CH3-].[Pt]. The molecule has 0 saturated carbocycles. The fourth-order valence-electron chi connectivity index (χ4n) is 1.51. The first-order valence-corrected chi connectivity index (χ1v) is 5.76. The topological polar surface area (TPSA) is 17.1 Å². The van der Waals surface area contributed by atoms with Gasteiger partial charge in [0.1, 0.15) is 0 Å². The standard InChI is InChI=1S/C12H23O.2CH3.Pt/c1-2-3-4-5-6-7-8-9-10-11-12-13;;;/h2-11H2,1H3;2*1H3;/q3*-1;. The molecule has 0 aromatic carbocycles. The van der Waals surface area contributed by atoms with Gasteiger partial charge >= 0.3 is 0 Å². The van der Waals surface area contributed by atoms with Gasteiger partial charge in [-0.1, -0.05) is 64.7 Å². The van der Waals surface area contributed by atoms with Gasteiger partial charge in [-0.25, -0.2) is 0 Å². The molecule has 1 nitrogen and oxygen atoms in total. The third-order valence-corrected chi connectivity index (χ3v) is 2.38. The van der Waals surface area contributed by atoms with E-state index in [1.54, 1.807) is 0 Å². The summed E-state index contributed by atoms with van der Waals surface area (Å²) in [4.78, 5) is 9.89. The van der Waals surface area contributed by atoms with Crippen LogP contribution in [-0.4, -0.2) is 6.29 Å². The molecule has 0 aliphatic heterocycles. The molecule has 2 heteroatoms. The predicted octanol–water partition coefficient (Wildman–Crippen LogP) is 4.92. The zero-order valence-corrected chi connectivity index (χ0v) is 13.6. The fourth-order valence-corrected chi connectivity index (χ4v) is 1.51. The van der Waals surface area contributed by atoms with Crippen LogP contribution in [0.25, 0.3) is 0 Å². The van der Waals surface area contributed by atoms with E-state index in [-0.39, 0.29) is 35.9 Å². The summed E-state index contributed by atoms with van der Waals surface area (Å²) in [5.41, 5.74) is 0. The van der Waals surface area contributed by atoms with E-state index in [9.17, 15) is 4.79 Å². The van der Waals surface area contributed by atoms with Crippen molar-refractivity contribution >= 4 is 6.29 Å². The molecule has 0 N–H and O–H groups in total. The summed E-state index contributed by atoms with van der Waals surface area (Å²) in [6, 6.07) is 0. The Bertz CT molecular complexity index is 105. The minimum atomic E-state index is 0. The average Bonchev–Trinajstić information content (AvgIpc) is 2.16. The normalized spacial score (nSPS) is 8.31. The molecule has 0 unspecified atom stereocenters. The molecule has 0 atom stereocenters. The first-order chi connectivity index (χ1) is 6.41. The van der Waals surface area contributed by atoms with Gasteiger partial charge in [-0.2, -0.15) is 6.42 Å². The van der Waals surface area contributed by atoms with Gasteiger partial charge < -0.3 is 19.6 Å². The van der Waals surface area contributed by atoms with E-state index in [2.05, 4.69) is 6.92 Å². The third-order valence-electron chi connectivity index (χ3n) is 2.38. The number of unbranched alkanes of at least 4 members (excludes halogenated alkanes) is 9. The Hall–Kier alpha value is 0.358. The summed E-state index contributed by atoms with van der Waals surface area (Å²) in [5, 5.41) is 0. The Morgan fingerprint density at radius 2 is 1.12 bits per heavy atom. The summed E-state index contributed by atoms with van der Waals surface area (Å²) < 4.78 is 0. The Labute approximate surface area is 118 Å². The number of rotatable bonds is 10. The van der Waals surface area contributed by atoms with Crippen molar-refractivity contribution in [1.29, 1.82) is 0 Å². The molecule has 0 fully saturated rings. The van der Waals surface area contributed by atoms with Crippen LogP contribution in [-0.2, 0) is 25.9 Å². The maximum absolute atomic E-state index is 9.89. The maximum atomic E-state index is 9.89. The van der Waals surface area contributed by atoms with Gasteiger partial charge in [0.2, 0.25) is 0 Å². The Morgan fingerprint density at radius 1 is 0.750 bits per heavy atom. The molecule has 0 heterocycles. The molecule has 0 aliphatic rings. The van der Waals surface area contributed by atoms with Crippen molar-refractivity contribution in [3.63, 3.8) is 0 Å². The van der Waals surface area contributed by atoms with Crippen LogP contribution in [0.1, 0.15) is 71.1 Å². The number of hydrogen-bond acceptors (Lipinski definition) is 1. The van der Waals surface area contributed by atoms with E-state index in [4.69, 9.17) is 0 Å². The summed E-state index contributed by atoms with van der Waals surface area (Å²) in [7, 11) is 0. The van der Waals surface area contributed by atoms with Crippen LogP contribution >= 0.6 is 0 Å². The third kappa shape index (κ3) is 23.9.